The van der Waals surface area contributed by atoms with Gasteiger partial charge in [-0.15, -0.1) is 0 Å². The molecule has 1 N–H and O–H groups in total. The quantitative estimate of drug-likeness (QED) is 0.913. The highest BCUT2D eigenvalue weighted by atomic mass is 19.1. The molecule has 2 aliphatic heterocycles. The summed E-state index contributed by atoms with van der Waals surface area (Å²) < 4.78 is 23.8. The Hall–Kier alpha value is -1.66. The Balaban J connectivity index is 1.56. The molecule has 0 saturated carbocycles. The van der Waals surface area contributed by atoms with Crippen LogP contribution in [-0.2, 0) is 9.53 Å². The van der Waals surface area contributed by atoms with Crippen LogP contribution in [0.5, 0.6) is 5.75 Å². The highest BCUT2D eigenvalue weighted by molar-refractivity contribution is 5.79. The second-order valence-corrected chi connectivity index (χ2v) is 6.72. The summed E-state index contributed by atoms with van der Waals surface area (Å²) in [5.41, 5.74) is -1.06. The van der Waals surface area contributed by atoms with Gasteiger partial charge >= 0.3 is 0 Å². The van der Waals surface area contributed by atoms with Crippen LogP contribution in [0.4, 0.5) is 4.39 Å². The molecule has 1 aromatic rings. The number of nitrogens with zero attached hydrogens (tertiary/aromatic N) is 1. The van der Waals surface area contributed by atoms with Crippen molar-refractivity contribution < 1.29 is 23.8 Å². The Morgan fingerprint density at radius 1 is 1.33 bits per heavy atom. The summed E-state index contributed by atoms with van der Waals surface area (Å²) >= 11 is 0. The van der Waals surface area contributed by atoms with E-state index in [1.165, 1.54) is 24.3 Å². The molecule has 2 fully saturated rings. The molecule has 2 aliphatic rings. The van der Waals surface area contributed by atoms with Gasteiger partial charge in [-0.1, -0.05) is 0 Å². The van der Waals surface area contributed by atoms with E-state index in [0.717, 1.165) is 19.3 Å². The fourth-order valence-corrected chi connectivity index (χ4v) is 3.37. The summed E-state index contributed by atoms with van der Waals surface area (Å²) in [5.74, 6) is 0.294. The predicted molar refractivity (Wildman–Crippen MR) is 86.2 cm³/mol. The standard InChI is InChI=1S/C18H24FNO4/c19-15-2-4-16(5-3-15)24-13-18(22)8-1-9-20(12-18)17(21)14-6-10-23-11-7-14/h2-5,14,22H,1,6-13H2. The maximum Gasteiger partial charge on any atom is 0.225 e. The Morgan fingerprint density at radius 2 is 2.04 bits per heavy atom. The molecule has 5 nitrogen and oxygen atoms in total. The second kappa shape index (κ2) is 7.49. The molecule has 0 aromatic heterocycles. The van der Waals surface area contributed by atoms with Crippen LogP contribution in [0.15, 0.2) is 24.3 Å². The van der Waals surface area contributed by atoms with Crippen molar-refractivity contribution in [2.24, 2.45) is 5.92 Å². The summed E-state index contributed by atoms with van der Waals surface area (Å²) in [6.07, 6.45) is 2.84. The van der Waals surface area contributed by atoms with Gasteiger partial charge in [0.05, 0.1) is 6.54 Å². The first-order chi connectivity index (χ1) is 11.6. The zero-order valence-electron chi connectivity index (χ0n) is 13.7. The average Bonchev–Trinajstić information content (AvgIpc) is 2.61. The van der Waals surface area contributed by atoms with E-state index in [1.807, 2.05) is 0 Å². The molecule has 0 radical (unpaired) electrons. The van der Waals surface area contributed by atoms with Gasteiger partial charge in [-0.3, -0.25) is 4.79 Å². The van der Waals surface area contributed by atoms with Crippen LogP contribution in [0.25, 0.3) is 0 Å². The molecule has 2 saturated heterocycles. The van der Waals surface area contributed by atoms with Crippen LogP contribution in [0.1, 0.15) is 25.7 Å². The monoisotopic (exact) mass is 337 g/mol. The summed E-state index contributed by atoms with van der Waals surface area (Å²) in [4.78, 5) is 14.4. The molecule has 24 heavy (non-hydrogen) atoms. The average molecular weight is 337 g/mol. The molecule has 1 amide bonds. The lowest BCUT2D eigenvalue weighted by molar-refractivity contribution is -0.147. The van der Waals surface area contributed by atoms with Gasteiger partial charge in [0.1, 0.15) is 23.8 Å². The molecule has 1 unspecified atom stereocenters. The Kier molecular flexibility index (Phi) is 5.36. The van der Waals surface area contributed by atoms with Crippen molar-refractivity contribution in [2.75, 3.05) is 32.9 Å². The highest BCUT2D eigenvalue weighted by Crippen LogP contribution is 2.26. The minimum absolute atomic E-state index is 0.000818. The first kappa shape index (κ1) is 17.2. The minimum Gasteiger partial charge on any atom is -0.491 e. The van der Waals surface area contributed by atoms with Crippen LogP contribution in [0.2, 0.25) is 0 Å². The lowest BCUT2D eigenvalue weighted by Gasteiger charge is -2.40. The predicted octanol–water partition coefficient (Wildman–Crippen LogP) is 1.98. The van der Waals surface area contributed by atoms with Crippen LogP contribution in [0.3, 0.4) is 0 Å². The van der Waals surface area contributed by atoms with Gasteiger partial charge < -0.3 is 19.5 Å². The third-order valence-electron chi connectivity index (χ3n) is 4.76. The number of benzene rings is 1. The Bertz CT molecular complexity index is 559. The summed E-state index contributed by atoms with van der Waals surface area (Å²) in [7, 11) is 0. The number of hydrogen-bond donors (Lipinski definition) is 1. The van der Waals surface area contributed by atoms with E-state index in [2.05, 4.69) is 0 Å². The van der Waals surface area contributed by atoms with E-state index in [0.29, 0.717) is 31.9 Å². The topological polar surface area (TPSA) is 59.0 Å². The van der Waals surface area contributed by atoms with Crippen molar-refractivity contribution in [1.82, 2.24) is 4.90 Å². The molecule has 6 heteroatoms. The van der Waals surface area contributed by atoms with E-state index in [1.54, 1.807) is 4.90 Å². The largest absolute Gasteiger partial charge is 0.491 e. The van der Waals surface area contributed by atoms with Crippen LogP contribution in [-0.4, -0.2) is 54.4 Å². The zero-order valence-corrected chi connectivity index (χ0v) is 13.7. The highest BCUT2D eigenvalue weighted by Gasteiger charge is 2.38. The van der Waals surface area contributed by atoms with Crippen LogP contribution < -0.4 is 4.74 Å². The molecule has 0 spiro atoms. The number of carbonyl (C=O) groups excluding carboxylic acids is 1. The number of likely N-dealkylation sites (tertiary alicyclic amines) is 1. The minimum atomic E-state index is -1.06. The van der Waals surface area contributed by atoms with E-state index in [9.17, 15) is 14.3 Å². The van der Waals surface area contributed by atoms with Gasteiger partial charge in [0.15, 0.2) is 0 Å². The van der Waals surface area contributed by atoms with E-state index in [-0.39, 0.29) is 30.8 Å². The molecule has 1 atom stereocenters. The smallest absolute Gasteiger partial charge is 0.225 e. The second-order valence-electron chi connectivity index (χ2n) is 6.72. The van der Waals surface area contributed by atoms with Gasteiger partial charge in [0.2, 0.25) is 5.91 Å². The summed E-state index contributed by atoms with van der Waals surface area (Å²) in [6, 6.07) is 5.71. The number of rotatable bonds is 4. The van der Waals surface area contributed by atoms with E-state index >= 15 is 0 Å². The normalized spacial score (nSPS) is 25.5. The first-order valence-electron chi connectivity index (χ1n) is 8.53. The third-order valence-corrected chi connectivity index (χ3v) is 4.76. The maximum atomic E-state index is 12.9. The number of aliphatic hydroxyl groups is 1. The van der Waals surface area contributed by atoms with Gasteiger partial charge in [-0.2, -0.15) is 0 Å². The van der Waals surface area contributed by atoms with Gasteiger partial charge in [0, 0.05) is 25.7 Å². The molecular weight excluding hydrogens is 313 g/mol. The van der Waals surface area contributed by atoms with Crippen molar-refractivity contribution in [3.05, 3.63) is 30.1 Å². The van der Waals surface area contributed by atoms with Gasteiger partial charge in [0.25, 0.3) is 0 Å². The molecule has 0 aliphatic carbocycles. The first-order valence-corrected chi connectivity index (χ1v) is 8.53. The number of ether oxygens (including phenoxy) is 2. The lowest BCUT2D eigenvalue weighted by atomic mass is 9.91. The number of amides is 1. The molecule has 0 bridgehead atoms. The number of carbonyl (C=O) groups is 1. The Labute approximate surface area is 141 Å². The van der Waals surface area contributed by atoms with Crippen molar-refractivity contribution >= 4 is 5.91 Å². The van der Waals surface area contributed by atoms with Crippen molar-refractivity contribution in [3.63, 3.8) is 0 Å². The SMILES string of the molecule is O=C(C1CCOCC1)N1CCCC(O)(COc2ccc(F)cc2)C1. The van der Waals surface area contributed by atoms with E-state index in [4.69, 9.17) is 9.47 Å². The number of piperidine rings is 1. The summed E-state index contributed by atoms with van der Waals surface area (Å²) in [6.45, 7) is 2.31. The van der Waals surface area contributed by atoms with Crippen molar-refractivity contribution in [2.45, 2.75) is 31.3 Å². The number of hydrogen-bond acceptors (Lipinski definition) is 4. The summed E-state index contributed by atoms with van der Waals surface area (Å²) in [5, 5.41) is 10.8. The molecular formula is C18H24FNO4. The molecule has 2 heterocycles. The van der Waals surface area contributed by atoms with E-state index < -0.39 is 5.60 Å². The Morgan fingerprint density at radius 3 is 2.75 bits per heavy atom. The molecule has 132 valence electrons. The fraction of sp³-hybridized carbons (Fsp3) is 0.611. The van der Waals surface area contributed by atoms with Gasteiger partial charge in [-0.05, 0) is 49.9 Å². The van der Waals surface area contributed by atoms with Crippen molar-refractivity contribution in [3.8, 4) is 5.75 Å². The lowest BCUT2D eigenvalue weighted by Crippen LogP contribution is -2.54. The van der Waals surface area contributed by atoms with Crippen LogP contribution in [0, 0.1) is 11.7 Å². The fourth-order valence-electron chi connectivity index (χ4n) is 3.37. The molecule has 1 aromatic carbocycles. The third kappa shape index (κ3) is 4.24. The van der Waals surface area contributed by atoms with Crippen molar-refractivity contribution in [1.29, 1.82) is 0 Å². The number of β-amino-alcohol motifs (C(OH)–C–C–N with tert-alkyl or cyclic N) is 1. The molecule has 3 rings (SSSR count). The maximum absolute atomic E-state index is 12.9. The van der Waals surface area contributed by atoms with Gasteiger partial charge in [-0.25, -0.2) is 4.39 Å². The number of halogens is 1. The van der Waals surface area contributed by atoms with Crippen LogP contribution >= 0.6 is 0 Å². The zero-order chi connectivity index (χ0) is 17.0.